The fourth-order valence-corrected chi connectivity index (χ4v) is 4.89. The number of halogens is 4. The molecule has 3 heterocycles. The number of hydrogen-bond donors (Lipinski definition) is 0. The Kier molecular flexibility index (Phi) is 6.22. The molecule has 0 spiro atoms. The number of amides is 1. The number of carbonyl (C=O) groups is 1. The topological polar surface area (TPSA) is 51.0 Å². The van der Waals surface area contributed by atoms with E-state index in [-0.39, 0.29) is 23.6 Å². The highest BCUT2D eigenvalue weighted by atomic mass is 35.5. The van der Waals surface area contributed by atoms with Gasteiger partial charge in [0, 0.05) is 36.6 Å². The molecule has 0 bridgehead atoms. The Morgan fingerprint density at radius 1 is 1.15 bits per heavy atom. The van der Waals surface area contributed by atoms with Crippen molar-refractivity contribution in [1.29, 1.82) is 0 Å². The maximum atomic E-state index is 14.0. The van der Waals surface area contributed by atoms with Crippen LogP contribution < -0.4 is 0 Å². The van der Waals surface area contributed by atoms with Crippen molar-refractivity contribution in [3.63, 3.8) is 0 Å². The highest BCUT2D eigenvalue weighted by Crippen LogP contribution is 2.42. The van der Waals surface area contributed by atoms with Crippen LogP contribution in [-0.2, 0) is 13.5 Å². The summed E-state index contributed by atoms with van der Waals surface area (Å²) in [7, 11) is 1.67. The molecule has 1 aliphatic heterocycles. The van der Waals surface area contributed by atoms with E-state index in [1.54, 1.807) is 29.7 Å². The summed E-state index contributed by atoms with van der Waals surface area (Å²) >= 11 is 6.43. The van der Waals surface area contributed by atoms with Crippen LogP contribution in [0.3, 0.4) is 0 Å². The Balaban J connectivity index is 1.85. The molecule has 4 rings (SSSR count). The summed E-state index contributed by atoms with van der Waals surface area (Å²) in [6, 6.07) is 1.41. The normalized spacial score (nSPS) is 17.9. The summed E-state index contributed by atoms with van der Waals surface area (Å²) in [4.78, 5) is 19.6. The Morgan fingerprint density at radius 2 is 1.82 bits per heavy atom. The van der Waals surface area contributed by atoms with Gasteiger partial charge in [-0.2, -0.15) is 5.10 Å². The van der Waals surface area contributed by atoms with Gasteiger partial charge in [0.15, 0.2) is 17.5 Å². The van der Waals surface area contributed by atoms with Crippen molar-refractivity contribution in [3.05, 3.63) is 69.4 Å². The van der Waals surface area contributed by atoms with Crippen molar-refractivity contribution < 1.29 is 18.0 Å². The first kappa shape index (κ1) is 23.3. The van der Waals surface area contributed by atoms with Crippen molar-refractivity contribution >= 4 is 17.5 Å². The molecule has 5 nitrogen and oxygen atoms in total. The van der Waals surface area contributed by atoms with E-state index in [9.17, 15) is 18.0 Å². The molecule has 0 radical (unpaired) electrons. The van der Waals surface area contributed by atoms with Crippen molar-refractivity contribution in [1.82, 2.24) is 19.7 Å². The van der Waals surface area contributed by atoms with Crippen LogP contribution >= 0.6 is 11.6 Å². The van der Waals surface area contributed by atoms with Gasteiger partial charge >= 0.3 is 0 Å². The Bertz CT molecular complexity index is 1220. The van der Waals surface area contributed by atoms with Crippen LogP contribution in [0.25, 0.3) is 11.3 Å². The lowest BCUT2D eigenvalue weighted by atomic mass is 9.87. The van der Waals surface area contributed by atoms with E-state index in [1.807, 2.05) is 13.8 Å². The van der Waals surface area contributed by atoms with E-state index < -0.39 is 17.5 Å². The van der Waals surface area contributed by atoms with Gasteiger partial charge in [0.25, 0.3) is 5.91 Å². The van der Waals surface area contributed by atoms with Crippen LogP contribution in [0.4, 0.5) is 13.2 Å². The molecule has 1 unspecified atom stereocenters. The van der Waals surface area contributed by atoms with Gasteiger partial charge in [-0.3, -0.25) is 14.5 Å². The van der Waals surface area contributed by atoms with E-state index >= 15 is 0 Å². The number of carbonyl (C=O) groups excluding carboxylic acids is 1. The Labute approximate surface area is 195 Å². The number of hydrogen-bond acceptors (Lipinski definition) is 3. The monoisotopic (exact) mass is 476 g/mol. The van der Waals surface area contributed by atoms with E-state index in [1.165, 1.54) is 6.20 Å². The van der Waals surface area contributed by atoms with Crippen LogP contribution in [0, 0.1) is 24.4 Å². The lowest BCUT2D eigenvalue weighted by Gasteiger charge is -2.41. The van der Waals surface area contributed by atoms with Gasteiger partial charge in [-0.1, -0.05) is 25.4 Å². The third kappa shape index (κ3) is 3.80. The second kappa shape index (κ2) is 8.82. The molecule has 1 aliphatic rings. The third-order valence-electron chi connectivity index (χ3n) is 6.30. The molecule has 1 aromatic carbocycles. The number of nitrogens with zero attached hydrogens (tertiary/aromatic N) is 4. The van der Waals surface area contributed by atoms with Gasteiger partial charge in [-0.15, -0.1) is 0 Å². The first-order valence-corrected chi connectivity index (χ1v) is 11.2. The van der Waals surface area contributed by atoms with Crippen LogP contribution in [-0.4, -0.2) is 31.6 Å². The predicted molar refractivity (Wildman–Crippen MR) is 119 cm³/mol. The largest absolute Gasteiger partial charge is 0.327 e. The summed E-state index contributed by atoms with van der Waals surface area (Å²) in [6.45, 7) is 5.72. The van der Waals surface area contributed by atoms with Gasteiger partial charge in [-0.05, 0) is 43.9 Å². The molecule has 174 valence electrons. The van der Waals surface area contributed by atoms with Gasteiger partial charge in [0.1, 0.15) is 0 Å². The molecule has 1 amide bonds. The van der Waals surface area contributed by atoms with Gasteiger partial charge in [0.2, 0.25) is 0 Å². The molecule has 0 aliphatic carbocycles. The molecule has 0 saturated heterocycles. The van der Waals surface area contributed by atoms with Crippen LogP contribution in [0.15, 0.2) is 24.5 Å². The zero-order valence-electron chi connectivity index (χ0n) is 18.8. The minimum atomic E-state index is -1.51. The lowest BCUT2D eigenvalue weighted by Crippen LogP contribution is -2.47. The number of fused-ring (bicyclic) bond motifs is 1. The fourth-order valence-electron chi connectivity index (χ4n) is 4.71. The summed E-state index contributed by atoms with van der Waals surface area (Å²) in [6.07, 6.45) is 4.75. The van der Waals surface area contributed by atoms with Crippen LogP contribution in [0.5, 0.6) is 0 Å². The van der Waals surface area contributed by atoms with Gasteiger partial charge in [0.05, 0.1) is 28.0 Å². The molecule has 0 fully saturated rings. The number of aryl methyl sites for hydroxylation is 2. The molecule has 0 N–H and O–H groups in total. The number of pyridine rings is 1. The van der Waals surface area contributed by atoms with Crippen LogP contribution in [0.2, 0.25) is 5.02 Å². The highest BCUT2D eigenvalue weighted by Gasteiger charge is 2.40. The average molecular weight is 477 g/mol. The Hall–Kier alpha value is -2.87. The van der Waals surface area contributed by atoms with Gasteiger partial charge in [-0.25, -0.2) is 13.2 Å². The number of benzene rings is 1. The lowest BCUT2D eigenvalue weighted by molar-refractivity contribution is 0.0512. The van der Waals surface area contributed by atoms with E-state index in [2.05, 4.69) is 10.1 Å². The van der Waals surface area contributed by atoms with Crippen molar-refractivity contribution in [2.75, 3.05) is 0 Å². The van der Waals surface area contributed by atoms with Crippen LogP contribution in [0.1, 0.15) is 59.9 Å². The quantitative estimate of drug-likeness (QED) is 0.448. The predicted octanol–water partition coefficient (Wildman–Crippen LogP) is 5.79. The Morgan fingerprint density at radius 3 is 2.42 bits per heavy atom. The maximum Gasteiger partial charge on any atom is 0.257 e. The molecular formula is C24H24ClF3N4O. The maximum absolute atomic E-state index is 14.0. The molecule has 3 aromatic rings. The highest BCUT2D eigenvalue weighted by molar-refractivity contribution is 6.34. The zero-order valence-corrected chi connectivity index (χ0v) is 19.6. The fraction of sp³-hybridized carbons (Fsp3) is 0.375. The van der Waals surface area contributed by atoms with Crippen molar-refractivity contribution in [2.24, 2.45) is 7.05 Å². The molecule has 0 saturated carbocycles. The molecule has 33 heavy (non-hydrogen) atoms. The first-order valence-electron chi connectivity index (χ1n) is 10.8. The minimum absolute atomic E-state index is 0.190. The van der Waals surface area contributed by atoms with E-state index in [0.29, 0.717) is 46.8 Å². The summed E-state index contributed by atoms with van der Waals surface area (Å²) in [5.74, 6) is -4.25. The van der Waals surface area contributed by atoms with Crippen molar-refractivity contribution in [2.45, 2.75) is 52.1 Å². The second-order valence-electron chi connectivity index (χ2n) is 8.31. The first-order chi connectivity index (χ1) is 15.7. The molecule has 2 atom stereocenters. The standard InChI is InChI=1S/C24H24ClF3N4O/c1-5-14-9-15-22(30-31(4)23(15)13-7-17(26)21(28)18(27)8-13)19(6-2)32(14)24(33)16-11-29-10-12(3)20(16)25/h7-8,10-11,14,19H,5-6,9H2,1-4H3/t14?,19-/m0/s1. The van der Waals surface area contributed by atoms with E-state index in [4.69, 9.17) is 11.6 Å². The van der Waals surface area contributed by atoms with Gasteiger partial charge < -0.3 is 4.90 Å². The molecular weight excluding hydrogens is 453 g/mol. The second-order valence-corrected chi connectivity index (χ2v) is 8.69. The minimum Gasteiger partial charge on any atom is -0.327 e. The zero-order chi connectivity index (χ0) is 24.0. The smallest absolute Gasteiger partial charge is 0.257 e. The summed E-state index contributed by atoms with van der Waals surface area (Å²) in [5, 5.41) is 5.00. The number of rotatable bonds is 4. The molecule has 2 aromatic heterocycles. The van der Waals surface area contributed by atoms with Crippen molar-refractivity contribution in [3.8, 4) is 11.3 Å². The summed E-state index contributed by atoms with van der Waals surface area (Å²) in [5.41, 5.74) is 3.23. The summed E-state index contributed by atoms with van der Waals surface area (Å²) < 4.78 is 43.1. The number of aromatic nitrogens is 3. The average Bonchev–Trinajstić information content (AvgIpc) is 3.12. The third-order valence-corrected chi connectivity index (χ3v) is 6.80. The SMILES string of the molecule is CCC1Cc2c(nn(C)c2-c2cc(F)c(F)c(F)c2)[C@H](CC)N1C(=O)c1cncc(C)c1Cl. The van der Waals surface area contributed by atoms with E-state index in [0.717, 1.165) is 17.7 Å². The molecule has 9 heteroatoms.